The molecule has 11 heteroatoms. The first kappa shape index (κ1) is 29.5. The Hall–Kier alpha value is -5.97. The van der Waals surface area contributed by atoms with Crippen molar-refractivity contribution in [2.45, 2.75) is 6.92 Å². The van der Waals surface area contributed by atoms with Crippen LogP contribution >= 0.6 is 0 Å². The molecule has 0 radical (unpaired) electrons. The Morgan fingerprint density at radius 1 is 0.864 bits per heavy atom. The van der Waals surface area contributed by atoms with Crippen LogP contribution in [-0.4, -0.2) is 37.4 Å². The minimum Gasteiger partial charge on any atom is -0.490 e. The molecule has 4 aromatic rings. The third-order valence-electron chi connectivity index (χ3n) is 6.17. The monoisotopic (exact) mass is 595 g/mol. The Morgan fingerprint density at radius 3 is 2.39 bits per heavy atom. The predicted molar refractivity (Wildman–Crippen MR) is 159 cm³/mol. The van der Waals surface area contributed by atoms with Gasteiger partial charge < -0.3 is 24.3 Å². The topological polar surface area (TPSA) is 125 Å². The van der Waals surface area contributed by atoms with Gasteiger partial charge in [0, 0.05) is 5.56 Å². The van der Waals surface area contributed by atoms with Gasteiger partial charge in [-0.15, -0.1) is 0 Å². The summed E-state index contributed by atoms with van der Waals surface area (Å²) < 4.78 is 35.0. The summed E-state index contributed by atoms with van der Waals surface area (Å²) in [5.41, 5.74) is 4.00. The van der Waals surface area contributed by atoms with E-state index in [0.717, 1.165) is 12.1 Å². The van der Waals surface area contributed by atoms with Crippen LogP contribution in [0, 0.1) is 5.82 Å². The first-order chi connectivity index (χ1) is 21.4. The average Bonchev–Trinajstić information content (AvgIpc) is 3.51. The molecule has 222 valence electrons. The van der Waals surface area contributed by atoms with Crippen molar-refractivity contribution in [1.82, 2.24) is 10.7 Å². The highest BCUT2D eigenvalue weighted by molar-refractivity contribution is 6.05. The summed E-state index contributed by atoms with van der Waals surface area (Å²) in [5, 5.41) is 6.67. The van der Waals surface area contributed by atoms with Crippen LogP contribution in [0.25, 0.3) is 6.08 Å². The van der Waals surface area contributed by atoms with Gasteiger partial charge in [0.1, 0.15) is 11.5 Å². The van der Waals surface area contributed by atoms with Crippen molar-refractivity contribution in [3.63, 3.8) is 0 Å². The summed E-state index contributed by atoms with van der Waals surface area (Å²) in [7, 11) is 0. The van der Waals surface area contributed by atoms with Crippen LogP contribution in [0.5, 0.6) is 23.0 Å². The van der Waals surface area contributed by atoms with E-state index in [1.165, 1.54) is 30.5 Å². The maximum atomic E-state index is 13.2. The minimum atomic E-state index is -0.682. The van der Waals surface area contributed by atoms with Gasteiger partial charge in [-0.2, -0.15) is 5.10 Å². The molecule has 1 aliphatic heterocycles. The highest BCUT2D eigenvalue weighted by atomic mass is 19.1. The number of carbonyl (C=O) groups is 3. The second-order valence-corrected chi connectivity index (χ2v) is 9.23. The lowest BCUT2D eigenvalue weighted by molar-refractivity contribution is -0.117. The van der Waals surface area contributed by atoms with E-state index in [9.17, 15) is 18.8 Å². The Labute approximate surface area is 251 Å². The van der Waals surface area contributed by atoms with Crippen molar-refractivity contribution in [2.75, 3.05) is 13.4 Å². The van der Waals surface area contributed by atoms with Gasteiger partial charge in [-0.1, -0.05) is 24.3 Å². The highest BCUT2D eigenvalue weighted by Crippen LogP contribution is 2.33. The first-order valence-electron chi connectivity index (χ1n) is 13.5. The largest absolute Gasteiger partial charge is 0.490 e. The van der Waals surface area contributed by atoms with Crippen molar-refractivity contribution in [1.29, 1.82) is 0 Å². The van der Waals surface area contributed by atoms with Crippen molar-refractivity contribution in [3.05, 3.63) is 125 Å². The number of halogens is 1. The van der Waals surface area contributed by atoms with Gasteiger partial charge in [-0.05, 0) is 90.9 Å². The van der Waals surface area contributed by atoms with E-state index in [-0.39, 0.29) is 36.2 Å². The molecule has 0 saturated carbocycles. The summed E-state index contributed by atoms with van der Waals surface area (Å²) >= 11 is 0. The van der Waals surface area contributed by atoms with Crippen LogP contribution < -0.4 is 29.7 Å². The summed E-state index contributed by atoms with van der Waals surface area (Å²) in [6.07, 6.45) is 2.86. The number of hydrazone groups is 1. The number of hydrogen-bond acceptors (Lipinski definition) is 8. The molecular weight excluding hydrogens is 569 g/mol. The molecule has 44 heavy (non-hydrogen) atoms. The SMILES string of the molecule is CCOc1cc(/C=N/NC(=O)/C(=C\c2ccc3c(c2)OCO3)NC(=O)c2ccccc2)ccc1OC(=O)c1ccc(F)cc1. The molecule has 0 atom stereocenters. The van der Waals surface area contributed by atoms with Crippen LogP contribution in [0.1, 0.15) is 38.8 Å². The molecule has 2 amide bonds. The van der Waals surface area contributed by atoms with Crippen molar-refractivity contribution >= 4 is 30.1 Å². The van der Waals surface area contributed by atoms with Crippen LogP contribution in [0.15, 0.2) is 102 Å². The maximum absolute atomic E-state index is 13.2. The molecule has 0 aromatic heterocycles. The number of amides is 2. The van der Waals surface area contributed by atoms with Crippen LogP contribution in [0.4, 0.5) is 4.39 Å². The number of nitrogens with zero attached hydrogens (tertiary/aromatic N) is 1. The molecule has 1 heterocycles. The number of carbonyl (C=O) groups excluding carboxylic acids is 3. The van der Waals surface area contributed by atoms with Crippen LogP contribution in [0.2, 0.25) is 0 Å². The predicted octanol–water partition coefficient (Wildman–Crippen LogP) is 5.09. The van der Waals surface area contributed by atoms with Crippen molar-refractivity contribution < 1.29 is 37.7 Å². The summed E-state index contributed by atoms with van der Waals surface area (Å²) in [5.74, 6) is -0.810. The zero-order chi connectivity index (χ0) is 30.9. The Morgan fingerprint density at radius 2 is 1.61 bits per heavy atom. The summed E-state index contributed by atoms with van der Waals surface area (Å²) in [6, 6.07) is 23.2. The van der Waals surface area contributed by atoms with E-state index < -0.39 is 23.6 Å². The fraction of sp³-hybridized carbons (Fsp3) is 0.0909. The molecule has 10 nitrogen and oxygen atoms in total. The van der Waals surface area contributed by atoms with E-state index in [2.05, 4.69) is 15.8 Å². The molecule has 5 rings (SSSR count). The number of fused-ring (bicyclic) bond motifs is 1. The molecule has 0 aliphatic carbocycles. The average molecular weight is 596 g/mol. The normalized spacial score (nSPS) is 12.1. The molecule has 0 bridgehead atoms. The minimum absolute atomic E-state index is 0.0621. The number of nitrogens with one attached hydrogen (secondary N) is 2. The van der Waals surface area contributed by atoms with Gasteiger partial charge in [0.2, 0.25) is 6.79 Å². The summed E-state index contributed by atoms with van der Waals surface area (Å²) in [4.78, 5) is 38.5. The van der Waals surface area contributed by atoms with E-state index >= 15 is 0 Å². The lowest BCUT2D eigenvalue weighted by atomic mass is 10.1. The van der Waals surface area contributed by atoms with E-state index in [1.54, 1.807) is 67.6 Å². The maximum Gasteiger partial charge on any atom is 0.343 e. The second kappa shape index (κ2) is 13.8. The molecule has 2 N–H and O–H groups in total. The fourth-order valence-electron chi connectivity index (χ4n) is 4.04. The lowest BCUT2D eigenvalue weighted by Gasteiger charge is -2.11. The van der Waals surface area contributed by atoms with Gasteiger partial charge in [0.05, 0.1) is 18.4 Å². The van der Waals surface area contributed by atoms with Gasteiger partial charge in [0.25, 0.3) is 11.8 Å². The molecule has 4 aromatic carbocycles. The number of hydrogen-bond donors (Lipinski definition) is 2. The quantitative estimate of drug-likeness (QED) is 0.0860. The van der Waals surface area contributed by atoms with E-state index in [0.29, 0.717) is 28.2 Å². The molecule has 0 spiro atoms. The molecule has 0 saturated heterocycles. The molecule has 0 unspecified atom stereocenters. The Bertz CT molecular complexity index is 1740. The van der Waals surface area contributed by atoms with Crippen LogP contribution in [-0.2, 0) is 4.79 Å². The van der Waals surface area contributed by atoms with E-state index in [1.807, 2.05) is 0 Å². The van der Waals surface area contributed by atoms with Gasteiger partial charge in [-0.25, -0.2) is 14.6 Å². The second-order valence-electron chi connectivity index (χ2n) is 9.23. The standard InChI is InChI=1S/C33H26FN3O7/c1-2-41-30-18-22(9-15-28(30)44-33(40)24-10-12-25(34)13-11-24)19-35-37-32(39)26(36-31(38)23-6-4-3-5-7-23)16-21-8-14-27-29(17-21)43-20-42-27/h3-19H,2,20H2,1H3,(H,36,38)(H,37,39)/b26-16+,35-19+. The fourth-order valence-corrected chi connectivity index (χ4v) is 4.04. The third-order valence-corrected chi connectivity index (χ3v) is 6.17. The zero-order valence-corrected chi connectivity index (χ0v) is 23.4. The van der Waals surface area contributed by atoms with Crippen molar-refractivity contribution in [2.24, 2.45) is 5.10 Å². The van der Waals surface area contributed by atoms with Gasteiger partial charge in [0.15, 0.2) is 23.0 Å². The zero-order valence-electron chi connectivity index (χ0n) is 23.4. The highest BCUT2D eigenvalue weighted by Gasteiger charge is 2.17. The third kappa shape index (κ3) is 7.45. The van der Waals surface area contributed by atoms with Crippen molar-refractivity contribution in [3.8, 4) is 23.0 Å². The number of rotatable bonds is 10. The lowest BCUT2D eigenvalue weighted by Crippen LogP contribution is -2.32. The van der Waals surface area contributed by atoms with Gasteiger partial charge >= 0.3 is 5.97 Å². The molecule has 1 aliphatic rings. The number of esters is 1. The number of benzene rings is 4. The summed E-state index contributed by atoms with van der Waals surface area (Å²) in [6.45, 7) is 2.15. The van der Waals surface area contributed by atoms with Crippen LogP contribution in [0.3, 0.4) is 0 Å². The molecule has 0 fully saturated rings. The Kier molecular flexibility index (Phi) is 9.26. The van der Waals surface area contributed by atoms with Gasteiger partial charge in [-0.3, -0.25) is 9.59 Å². The van der Waals surface area contributed by atoms with E-state index in [4.69, 9.17) is 18.9 Å². The first-order valence-corrected chi connectivity index (χ1v) is 13.5. The smallest absolute Gasteiger partial charge is 0.343 e. The number of ether oxygens (including phenoxy) is 4. The Balaban J connectivity index is 1.31. The molecular formula is C33H26FN3O7.